The van der Waals surface area contributed by atoms with Crippen molar-refractivity contribution < 1.29 is 24.0 Å². The van der Waals surface area contributed by atoms with E-state index in [0.29, 0.717) is 55.4 Å². The zero-order valence-electron chi connectivity index (χ0n) is 32.2. The van der Waals surface area contributed by atoms with Crippen LogP contribution in [0.5, 0.6) is 0 Å². The Labute approximate surface area is 330 Å². The number of amides is 4. The third kappa shape index (κ3) is 5.07. The van der Waals surface area contributed by atoms with Gasteiger partial charge in [-0.25, -0.2) is 4.90 Å². The summed E-state index contributed by atoms with van der Waals surface area (Å²) in [4.78, 5) is 73.8. The van der Waals surface area contributed by atoms with E-state index in [1.54, 1.807) is 41.3 Å². The number of carbonyl (C=O) groups is 5. The number of carbonyl (C=O) groups excluding carboxylic acids is 5. The number of ketones is 1. The maximum Gasteiger partial charge on any atom is 0.265 e. The average molecular weight is 751 g/mol. The normalized spacial score (nSPS) is 14.8. The van der Waals surface area contributed by atoms with Crippen molar-refractivity contribution in [2.24, 2.45) is 0 Å². The van der Waals surface area contributed by atoms with E-state index in [1.807, 2.05) is 54.6 Å². The first-order valence-electron chi connectivity index (χ1n) is 20.6. The molecule has 0 unspecified atom stereocenters. The van der Waals surface area contributed by atoms with Crippen LogP contribution in [0.3, 0.4) is 0 Å². The summed E-state index contributed by atoms with van der Waals surface area (Å²) in [6, 6.07) is 27.5. The second-order valence-corrected chi connectivity index (χ2v) is 16.0. The highest BCUT2D eigenvalue weighted by atomic mass is 16.2. The second-order valence-electron chi connectivity index (χ2n) is 16.0. The number of anilines is 1. The summed E-state index contributed by atoms with van der Waals surface area (Å²) < 4.78 is 0. The fourth-order valence-corrected chi connectivity index (χ4v) is 10.0. The van der Waals surface area contributed by atoms with Gasteiger partial charge in [0.15, 0.2) is 5.78 Å². The Balaban J connectivity index is 1.08. The third-order valence-electron chi connectivity index (χ3n) is 12.8. The summed E-state index contributed by atoms with van der Waals surface area (Å²) in [7, 11) is 0. The van der Waals surface area contributed by atoms with E-state index in [2.05, 4.69) is 13.8 Å². The van der Waals surface area contributed by atoms with Crippen LogP contribution in [-0.2, 0) is 0 Å². The zero-order valence-corrected chi connectivity index (χ0v) is 32.2. The van der Waals surface area contributed by atoms with E-state index in [9.17, 15) is 24.0 Å². The van der Waals surface area contributed by atoms with Crippen molar-refractivity contribution >= 4 is 78.2 Å². The first kappa shape index (κ1) is 35.2. The van der Waals surface area contributed by atoms with Gasteiger partial charge in [-0.15, -0.1) is 0 Å². The maximum absolute atomic E-state index is 14.5. The van der Waals surface area contributed by atoms with Crippen LogP contribution in [0.2, 0.25) is 0 Å². The summed E-state index contributed by atoms with van der Waals surface area (Å²) in [5.41, 5.74) is 4.99. The fourth-order valence-electron chi connectivity index (χ4n) is 10.0. The van der Waals surface area contributed by atoms with Gasteiger partial charge in [-0.1, -0.05) is 114 Å². The van der Waals surface area contributed by atoms with Crippen molar-refractivity contribution in [3.63, 3.8) is 0 Å². The maximum atomic E-state index is 14.5. The highest BCUT2D eigenvalue weighted by Crippen LogP contribution is 2.47. The molecule has 10 rings (SSSR count). The lowest BCUT2D eigenvalue weighted by atomic mass is 9.82. The Bertz CT molecular complexity index is 2770. The van der Waals surface area contributed by atoms with Gasteiger partial charge in [0.2, 0.25) is 0 Å². The largest absolute Gasteiger partial charge is 0.289 e. The Morgan fingerprint density at radius 2 is 0.860 bits per heavy atom. The smallest absolute Gasteiger partial charge is 0.265 e. The summed E-state index contributed by atoms with van der Waals surface area (Å²) in [6.45, 7) is 4.38. The molecule has 0 aromatic heterocycles. The lowest BCUT2D eigenvalue weighted by Crippen LogP contribution is -2.47. The molecule has 0 saturated heterocycles. The van der Waals surface area contributed by atoms with Gasteiger partial charge in [0.25, 0.3) is 23.6 Å². The molecule has 7 aromatic carbocycles. The zero-order chi connectivity index (χ0) is 39.1. The van der Waals surface area contributed by atoms with E-state index >= 15 is 0 Å². The van der Waals surface area contributed by atoms with Gasteiger partial charge in [0.1, 0.15) is 0 Å². The summed E-state index contributed by atoms with van der Waals surface area (Å²) in [6.07, 6.45) is 10.3. The molecule has 57 heavy (non-hydrogen) atoms. The third-order valence-corrected chi connectivity index (χ3v) is 12.8. The van der Waals surface area contributed by atoms with E-state index in [1.165, 1.54) is 4.90 Å². The lowest BCUT2D eigenvalue weighted by molar-refractivity contribution is 0.0516. The van der Waals surface area contributed by atoms with E-state index in [4.69, 9.17) is 0 Å². The molecule has 7 heteroatoms. The minimum Gasteiger partial charge on any atom is -0.289 e. The molecule has 0 bridgehead atoms. The molecule has 3 aliphatic rings. The van der Waals surface area contributed by atoms with Crippen LogP contribution in [-0.4, -0.2) is 40.4 Å². The predicted octanol–water partition coefficient (Wildman–Crippen LogP) is 11.7. The standard InChI is InChI=1S/C50H42N2O5/c1-3-5-7-9-13-28(14-10-8-6-4-2)51-47(54)37-23-19-31-33-21-25-39-45-40(26-22-34(43(33)45)32-20-24-38(48(51)55)44(37)42(31)32)50(57)52(49(39)56)29-17-18-36-41(27-29)30-15-11-12-16-35(30)46(36)53/h11-12,15-28H,3-10,13-14H2,1-2H3. The van der Waals surface area contributed by atoms with Crippen LogP contribution in [0.15, 0.2) is 91.0 Å². The molecule has 0 spiro atoms. The van der Waals surface area contributed by atoms with Crippen molar-refractivity contribution in [3.05, 3.63) is 124 Å². The Hall–Kier alpha value is -6.21. The molecule has 4 amide bonds. The number of benzene rings is 7. The molecule has 7 nitrogen and oxygen atoms in total. The highest BCUT2D eigenvalue weighted by molar-refractivity contribution is 6.44. The molecular weight excluding hydrogens is 709 g/mol. The van der Waals surface area contributed by atoms with Crippen LogP contribution < -0.4 is 4.90 Å². The van der Waals surface area contributed by atoms with Crippen molar-refractivity contribution in [1.82, 2.24) is 4.90 Å². The molecule has 7 aromatic rings. The molecule has 0 atom stereocenters. The number of nitrogens with zero attached hydrogens (tertiary/aromatic N) is 2. The van der Waals surface area contributed by atoms with E-state index < -0.39 is 11.8 Å². The quantitative estimate of drug-likeness (QED) is 0.0536. The topological polar surface area (TPSA) is 91.8 Å². The molecule has 0 fully saturated rings. The van der Waals surface area contributed by atoms with Gasteiger partial charge in [-0.3, -0.25) is 28.9 Å². The Kier molecular flexibility index (Phi) is 8.33. The molecule has 282 valence electrons. The lowest BCUT2D eigenvalue weighted by Gasteiger charge is -2.35. The monoisotopic (exact) mass is 750 g/mol. The van der Waals surface area contributed by atoms with Gasteiger partial charge in [-0.2, -0.15) is 0 Å². The molecule has 2 aliphatic heterocycles. The molecule has 0 radical (unpaired) electrons. The summed E-state index contributed by atoms with van der Waals surface area (Å²) in [5, 5.41) is 6.40. The number of unbranched alkanes of at least 4 members (excludes halogenated alkanes) is 6. The minimum atomic E-state index is -0.431. The molecule has 0 N–H and O–H groups in total. The first-order chi connectivity index (χ1) is 27.8. The average Bonchev–Trinajstić information content (AvgIpc) is 3.51. The molecule has 0 saturated carbocycles. The van der Waals surface area contributed by atoms with Gasteiger partial charge >= 0.3 is 0 Å². The highest BCUT2D eigenvalue weighted by Gasteiger charge is 2.40. The van der Waals surface area contributed by atoms with Gasteiger partial charge in [-0.05, 0) is 98.8 Å². The van der Waals surface area contributed by atoms with Crippen LogP contribution in [0.25, 0.3) is 54.2 Å². The second kappa shape index (κ2) is 13.5. The van der Waals surface area contributed by atoms with E-state index in [-0.39, 0.29) is 23.6 Å². The van der Waals surface area contributed by atoms with Crippen molar-refractivity contribution in [2.45, 2.75) is 84.1 Å². The van der Waals surface area contributed by atoms with E-state index in [0.717, 1.165) is 102 Å². The number of imide groups is 2. The van der Waals surface area contributed by atoms with Crippen molar-refractivity contribution in [1.29, 1.82) is 0 Å². The number of hydrogen-bond acceptors (Lipinski definition) is 5. The SMILES string of the molecule is CCCCCCC(CCCCCC)N1C(=O)c2ccc3c4ccc5c6c(ccc(c7ccc(c2c37)C1=O)c64)C(=O)N(c1ccc2c(c1)-c1ccccc1C2=O)C5=O. The van der Waals surface area contributed by atoms with Crippen LogP contribution in [0.4, 0.5) is 5.69 Å². The fraction of sp³-hybridized carbons (Fsp3) is 0.260. The van der Waals surface area contributed by atoms with Crippen LogP contribution in [0, 0.1) is 0 Å². The van der Waals surface area contributed by atoms with Crippen molar-refractivity contribution in [3.8, 4) is 11.1 Å². The van der Waals surface area contributed by atoms with Crippen molar-refractivity contribution in [2.75, 3.05) is 4.90 Å². The first-order valence-corrected chi connectivity index (χ1v) is 20.6. The number of fused-ring (bicyclic) bond motifs is 5. The summed E-state index contributed by atoms with van der Waals surface area (Å²) in [5.74, 6) is -1.38. The van der Waals surface area contributed by atoms with Gasteiger partial charge in [0.05, 0.1) is 5.69 Å². The Morgan fingerprint density at radius 1 is 0.421 bits per heavy atom. The summed E-state index contributed by atoms with van der Waals surface area (Å²) >= 11 is 0. The van der Waals surface area contributed by atoms with Crippen LogP contribution in [0.1, 0.15) is 135 Å². The Morgan fingerprint density at radius 3 is 1.35 bits per heavy atom. The molecule has 2 heterocycles. The van der Waals surface area contributed by atoms with Crippen LogP contribution >= 0.6 is 0 Å². The number of rotatable bonds is 12. The predicted molar refractivity (Wildman–Crippen MR) is 226 cm³/mol. The van der Waals surface area contributed by atoms with Gasteiger partial charge in [0, 0.05) is 50.2 Å². The van der Waals surface area contributed by atoms with Gasteiger partial charge < -0.3 is 0 Å². The molecular formula is C50H42N2O5. The minimum absolute atomic E-state index is 0.0699. The number of hydrogen-bond donors (Lipinski definition) is 0. The molecule has 1 aliphatic carbocycles.